The van der Waals surface area contributed by atoms with E-state index in [1.807, 2.05) is 44.3 Å². The fourth-order valence-corrected chi connectivity index (χ4v) is 3.11. The third-order valence-corrected chi connectivity index (χ3v) is 4.60. The van der Waals surface area contributed by atoms with E-state index in [9.17, 15) is 9.59 Å². The lowest BCUT2D eigenvalue weighted by atomic mass is 10.1. The molecule has 0 aliphatic rings. The van der Waals surface area contributed by atoms with Gasteiger partial charge in [-0.25, -0.2) is 14.6 Å². The van der Waals surface area contributed by atoms with E-state index in [0.717, 1.165) is 22.6 Å². The lowest BCUT2D eigenvalue weighted by Crippen LogP contribution is -2.07. The van der Waals surface area contributed by atoms with Gasteiger partial charge in [-0.1, -0.05) is 23.9 Å². The van der Waals surface area contributed by atoms with Gasteiger partial charge in [0.25, 0.3) is 0 Å². The largest absolute Gasteiger partial charge is 0.496 e. The van der Waals surface area contributed by atoms with Gasteiger partial charge in [-0.3, -0.25) is 4.98 Å². The van der Waals surface area contributed by atoms with Crippen molar-refractivity contribution >= 4 is 34.6 Å². The van der Waals surface area contributed by atoms with Crippen molar-refractivity contribution in [2.75, 3.05) is 14.2 Å². The average Bonchev–Trinajstić information content (AvgIpc) is 2.73. The number of methoxy groups -OCH3 is 2. The molecule has 0 aliphatic heterocycles. The summed E-state index contributed by atoms with van der Waals surface area (Å²) in [5.74, 6) is -0.314. The zero-order valence-corrected chi connectivity index (χ0v) is 18.5. The van der Waals surface area contributed by atoms with Crippen LogP contribution >= 0.6 is 11.8 Å². The smallest absolute Gasteiger partial charge is 0.328 e. The summed E-state index contributed by atoms with van der Waals surface area (Å²) in [5, 5.41) is 16.1. The fourth-order valence-electron chi connectivity index (χ4n) is 2.37. The van der Waals surface area contributed by atoms with Crippen molar-refractivity contribution in [3.8, 4) is 11.5 Å². The summed E-state index contributed by atoms with van der Waals surface area (Å²) < 4.78 is 10.7. The summed E-state index contributed by atoms with van der Waals surface area (Å²) in [6, 6.07) is 7.51. The summed E-state index contributed by atoms with van der Waals surface area (Å²) in [4.78, 5) is 28.0. The van der Waals surface area contributed by atoms with Gasteiger partial charge in [0.2, 0.25) is 0 Å². The number of aryl methyl sites for hydroxylation is 1. The number of aliphatic carboxylic acids is 2. The molecule has 2 aromatic rings. The molecule has 0 bridgehead atoms. The van der Waals surface area contributed by atoms with Crippen LogP contribution in [-0.4, -0.2) is 46.5 Å². The molecular weight excluding hydrogens is 422 g/mol. The normalized spacial score (nSPS) is 10.9. The first kappa shape index (κ1) is 25.5. The van der Waals surface area contributed by atoms with E-state index >= 15 is 0 Å². The van der Waals surface area contributed by atoms with Crippen LogP contribution in [-0.2, 0) is 15.3 Å². The topological polar surface area (TPSA) is 144 Å². The van der Waals surface area contributed by atoms with Gasteiger partial charge in [0.1, 0.15) is 17.2 Å². The number of pyridine rings is 1. The quantitative estimate of drug-likeness (QED) is 0.331. The van der Waals surface area contributed by atoms with Crippen LogP contribution in [0.2, 0.25) is 0 Å². The maximum atomic E-state index is 9.55. The van der Waals surface area contributed by atoms with Crippen LogP contribution in [0.5, 0.6) is 11.5 Å². The van der Waals surface area contributed by atoms with Crippen LogP contribution in [0.3, 0.4) is 0 Å². The van der Waals surface area contributed by atoms with Gasteiger partial charge in [-0.15, -0.1) is 0 Å². The number of aliphatic imine (C=N–C) groups is 1. The van der Waals surface area contributed by atoms with Gasteiger partial charge >= 0.3 is 11.9 Å². The number of rotatable bonds is 7. The van der Waals surface area contributed by atoms with Crippen molar-refractivity contribution in [1.82, 2.24) is 4.98 Å². The van der Waals surface area contributed by atoms with Crippen LogP contribution < -0.4 is 15.2 Å². The third-order valence-electron chi connectivity index (χ3n) is 3.79. The number of thioether (sulfide) groups is 1. The Kier molecular flexibility index (Phi) is 10.6. The summed E-state index contributed by atoms with van der Waals surface area (Å²) in [6.45, 7) is 3.98. The molecule has 1 aromatic carbocycles. The van der Waals surface area contributed by atoms with Crippen molar-refractivity contribution in [2.24, 2.45) is 10.7 Å². The number of para-hydroxylation sites is 2. The number of ether oxygens (including phenoxy) is 2. The summed E-state index contributed by atoms with van der Waals surface area (Å²) in [6.07, 6.45) is 2.93. The standard InChI is InChI=1S/C17H21N3O2S.C4H4O4/c1-11-9-19-14(12(2)16(11)22-4)10-23-17(18)20-13-7-5-6-8-15(13)21-3;5-3(6)1-2-4(7)8/h5-9H,10H2,1-4H3,(H2,18,20);1-2H,(H,5,6)(H,7,8)/b;2-1+. The minimum absolute atomic E-state index is 0.468. The highest BCUT2D eigenvalue weighted by molar-refractivity contribution is 8.13. The van der Waals surface area contributed by atoms with E-state index in [4.69, 9.17) is 25.4 Å². The monoisotopic (exact) mass is 447 g/mol. The predicted octanol–water partition coefficient (Wildman–Crippen LogP) is 3.31. The van der Waals surface area contributed by atoms with Gasteiger partial charge in [0, 0.05) is 35.2 Å². The van der Waals surface area contributed by atoms with E-state index in [1.165, 1.54) is 11.8 Å². The lowest BCUT2D eigenvalue weighted by Gasteiger charge is -2.12. The van der Waals surface area contributed by atoms with E-state index in [0.29, 0.717) is 34.5 Å². The molecule has 2 rings (SSSR count). The van der Waals surface area contributed by atoms with E-state index in [-0.39, 0.29) is 0 Å². The molecular formula is C21H25N3O6S. The highest BCUT2D eigenvalue weighted by atomic mass is 32.2. The Morgan fingerprint density at radius 3 is 2.29 bits per heavy atom. The van der Waals surface area contributed by atoms with Crippen molar-refractivity contribution in [3.05, 3.63) is 59.4 Å². The Hall–Kier alpha value is -3.53. The number of aromatic nitrogens is 1. The molecule has 0 radical (unpaired) electrons. The molecule has 10 heteroatoms. The Labute approximate surface area is 184 Å². The Balaban J connectivity index is 0.000000512. The number of nitrogens with zero attached hydrogens (tertiary/aromatic N) is 2. The number of amidine groups is 1. The molecule has 1 aromatic heterocycles. The van der Waals surface area contributed by atoms with Crippen molar-refractivity contribution in [1.29, 1.82) is 0 Å². The highest BCUT2D eigenvalue weighted by Crippen LogP contribution is 2.29. The Bertz CT molecular complexity index is 960. The molecule has 9 nitrogen and oxygen atoms in total. The van der Waals surface area contributed by atoms with Gasteiger partial charge in [0.15, 0.2) is 5.17 Å². The van der Waals surface area contributed by atoms with Gasteiger partial charge in [0.05, 0.1) is 19.9 Å². The zero-order valence-electron chi connectivity index (χ0n) is 17.7. The van der Waals surface area contributed by atoms with Gasteiger partial charge < -0.3 is 25.4 Å². The Morgan fingerprint density at radius 2 is 1.74 bits per heavy atom. The molecule has 0 amide bonds. The zero-order chi connectivity index (χ0) is 23.4. The second-order valence-corrected chi connectivity index (χ2v) is 6.96. The summed E-state index contributed by atoms with van der Waals surface area (Å²) in [7, 11) is 3.29. The van der Waals surface area contributed by atoms with Crippen LogP contribution in [0, 0.1) is 13.8 Å². The maximum absolute atomic E-state index is 9.55. The van der Waals surface area contributed by atoms with Crippen molar-refractivity contribution in [3.63, 3.8) is 0 Å². The van der Waals surface area contributed by atoms with Gasteiger partial charge in [-0.05, 0) is 26.0 Å². The average molecular weight is 448 g/mol. The first-order valence-corrected chi connectivity index (χ1v) is 9.91. The minimum atomic E-state index is -1.26. The predicted molar refractivity (Wildman–Crippen MR) is 120 cm³/mol. The number of nitrogens with two attached hydrogens (primary N) is 1. The van der Waals surface area contributed by atoms with Crippen molar-refractivity contribution < 1.29 is 29.3 Å². The molecule has 0 spiro atoms. The first-order chi connectivity index (χ1) is 14.7. The molecule has 0 atom stereocenters. The molecule has 0 saturated carbocycles. The molecule has 0 saturated heterocycles. The van der Waals surface area contributed by atoms with Crippen LogP contribution in [0.15, 0.2) is 47.6 Å². The molecule has 31 heavy (non-hydrogen) atoms. The fraction of sp³-hybridized carbons (Fsp3) is 0.238. The molecule has 0 fully saturated rings. The van der Waals surface area contributed by atoms with E-state index in [1.54, 1.807) is 14.2 Å². The minimum Gasteiger partial charge on any atom is -0.496 e. The van der Waals surface area contributed by atoms with Crippen LogP contribution in [0.25, 0.3) is 0 Å². The Morgan fingerprint density at radius 1 is 1.13 bits per heavy atom. The molecule has 4 N–H and O–H groups in total. The molecule has 1 heterocycles. The molecule has 0 aliphatic carbocycles. The summed E-state index contributed by atoms with van der Waals surface area (Å²) >= 11 is 1.44. The maximum Gasteiger partial charge on any atom is 0.328 e. The highest BCUT2D eigenvalue weighted by Gasteiger charge is 2.10. The lowest BCUT2D eigenvalue weighted by molar-refractivity contribution is -0.134. The third kappa shape index (κ3) is 8.79. The number of carboxylic acids is 2. The van der Waals surface area contributed by atoms with Crippen LogP contribution in [0.4, 0.5) is 5.69 Å². The second-order valence-electron chi connectivity index (χ2n) is 5.97. The van der Waals surface area contributed by atoms with Crippen molar-refractivity contribution in [2.45, 2.75) is 19.6 Å². The first-order valence-electron chi connectivity index (χ1n) is 8.92. The second kappa shape index (κ2) is 12.9. The number of carboxylic acid groups (broad SMARTS) is 2. The number of benzene rings is 1. The van der Waals surface area contributed by atoms with E-state index in [2.05, 4.69) is 9.98 Å². The van der Waals surface area contributed by atoms with Crippen LogP contribution in [0.1, 0.15) is 16.8 Å². The number of hydrogen-bond donors (Lipinski definition) is 3. The number of hydrogen-bond acceptors (Lipinski definition) is 7. The molecule has 0 unspecified atom stereocenters. The summed E-state index contributed by atoms with van der Waals surface area (Å²) in [5.41, 5.74) is 9.74. The SMILES string of the molecule is COc1ccccc1N=C(N)SCc1ncc(C)c(OC)c1C.O=C(O)/C=C/C(=O)O. The molecule has 166 valence electrons. The van der Waals surface area contributed by atoms with E-state index < -0.39 is 11.9 Å². The van der Waals surface area contributed by atoms with Gasteiger partial charge in [-0.2, -0.15) is 0 Å². The number of carbonyl (C=O) groups is 2.